The lowest BCUT2D eigenvalue weighted by Crippen LogP contribution is -2.44. The third kappa shape index (κ3) is 20.8. The van der Waals surface area contributed by atoms with Crippen LogP contribution in [0.25, 0.3) is 0 Å². The van der Waals surface area contributed by atoms with E-state index in [-0.39, 0.29) is 41.6 Å². The molecule has 1 aromatic carbocycles. The van der Waals surface area contributed by atoms with Crippen LogP contribution in [0.5, 0.6) is 5.75 Å². The SMILES string of the molecule is CCOCCOCCNC(=O)C#CC(=O)CCCOCCOCCC(=O)Nc1cc(C[C@H](C)CC(C)C(C)(C)C)ccc1O[Si](C)(C)C(C)(C)C. The third-order valence-electron chi connectivity index (χ3n) is 9.27. The fourth-order valence-corrected chi connectivity index (χ4v) is 5.66. The van der Waals surface area contributed by atoms with Crippen LogP contribution in [0.2, 0.25) is 18.1 Å². The molecule has 51 heavy (non-hydrogen) atoms. The van der Waals surface area contributed by atoms with Gasteiger partial charge in [0.2, 0.25) is 11.7 Å². The van der Waals surface area contributed by atoms with E-state index in [0.29, 0.717) is 82.5 Å². The molecule has 0 radical (unpaired) electrons. The van der Waals surface area contributed by atoms with Crippen LogP contribution in [-0.4, -0.2) is 85.3 Å². The van der Waals surface area contributed by atoms with E-state index in [0.717, 1.165) is 12.8 Å². The molecular formula is C40H68N2O8Si. The van der Waals surface area contributed by atoms with Gasteiger partial charge in [0.15, 0.2) is 0 Å². The van der Waals surface area contributed by atoms with Crippen LogP contribution in [0.1, 0.15) is 93.6 Å². The van der Waals surface area contributed by atoms with Crippen LogP contribution in [0, 0.1) is 29.1 Å². The highest BCUT2D eigenvalue weighted by atomic mass is 28.4. The predicted octanol–water partition coefficient (Wildman–Crippen LogP) is 7.21. The summed E-state index contributed by atoms with van der Waals surface area (Å²) in [7, 11) is -2.13. The van der Waals surface area contributed by atoms with E-state index in [2.05, 4.69) is 103 Å². The number of rotatable bonds is 24. The Kier molecular flexibility index (Phi) is 21.5. The molecular weight excluding hydrogens is 665 g/mol. The molecule has 0 aromatic heterocycles. The van der Waals surface area contributed by atoms with Crippen molar-refractivity contribution in [3.8, 4) is 17.6 Å². The van der Waals surface area contributed by atoms with Crippen LogP contribution in [0.15, 0.2) is 18.2 Å². The average molecular weight is 733 g/mol. The molecule has 0 aliphatic heterocycles. The maximum atomic E-state index is 13.0. The summed E-state index contributed by atoms with van der Waals surface area (Å²) in [6, 6.07) is 6.22. The van der Waals surface area contributed by atoms with E-state index in [1.165, 1.54) is 5.56 Å². The number of ketones is 1. The number of ether oxygens (including phenoxy) is 4. The van der Waals surface area contributed by atoms with Gasteiger partial charge in [-0.25, -0.2) is 0 Å². The minimum Gasteiger partial charge on any atom is -0.542 e. The van der Waals surface area contributed by atoms with Crippen molar-refractivity contribution < 1.29 is 37.8 Å². The molecule has 0 saturated heterocycles. The van der Waals surface area contributed by atoms with Gasteiger partial charge in [0, 0.05) is 32.1 Å². The summed E-state index contributed by atoms with van der Waals surface area (Å²) in [6.07, 6.45) is 2.94. The largest absolute Gasteiger partial charge is 0.542 e. The second-order valence-electron chi connectivity index (χ2n) is 15.9. The van der Waals surface area contributed by atoms with Crippen molar-refractivity contribution in [1.29, 1.82) is 0 Å². The molecule has 2 N–H and O–H groups in total. The molecule has 0 aliphatic carbocycles. The summed E-state index contributed by atoms with van der Waals surface area (Å²) in [5.41, 5.74) is 2.15. The van der Waals surface area contributed by atoms with Crippen molar-refractivity contribution in [3.05, 3.63) is 23.8 Å². The van der Waals surface area contributed by atoms with Gasteiger partial charge in [0.25, 0.3) is 14.2 Å². The predicted molar refractivity (Wildman–Crippen MR) is 208 cm³/mol. The lowest BCUT2D eigenvalue weighted by molar-refractivity contribution is -0.117. The number of nitrogens with one attached hydrogen (secondary N) is 2. The van der Waals surface area contributed by atoms with Gasteiger partial charge in [-0.15, -0.1) is 0 Å². The molecule has 1 aromatic rings. The number of benzene rings is 1. The standard InChI is InChI=1S/C40H68N2O8Si/c1-12-46-24-25-49-23-20-41-37(44)18-16-34(43)14-13-21-47-26-27-48-22-19-38(45)42-35-30-33(29-31(2)28-32(3)39(4,5)6)15-17-36(35)50-51(10,11)40(7,8)9/h15,17,30-32H,12-14,19-29H2,1-11H3,(H,41,44)(H,42,45)/t31-,32?/m1/s1. The molecule has 10 nitrogen and oxygen atoms in total. The van der Waals surface area contributed by atoms with Crippen molar-refractivity contribution in [2.45, 2.75) is 113 Å². The van der Waals surface area contributed by atoms with Crippen LogP contribution in [-0.2, 0) is 39.8 Å². The third-order valence-corrected chi connectivity index (χ3v) is 13.6. The smallest absolute Gasteiger partial charge is 0.296 e. The Morgan fingerprint density at radius 3 is 2.08 bits per heavy atom. The lowest BCUT2D eigenvalue weighted by Gasteiger charge is -2.37. The zero-order chi connectivity index (χ0) is 38.5. The van der Waals surface area contributed by atoms with Crippen LogP contribution >= 0.6 is 0 Å². The highest BCUT2D eigenvalue weighted by molar-refractivity contribution is 6.74. The second kappa shape index (κ2) is 23.7. The molecule has 0 spiro atoms. The number of carbonyl (C=O) groups is 3. The Bertz CT molecular complexity index is 1260. The lowest BCUT2D eigenvalue weighted by atomic mass is 9.76. The summed E-state index contributed by atoms with van der Waals surface area (Å²) in [4.78, 5) is 36.7. The number of amides is 2. The highest BCUT2D eigenvalue weighted by Crippen LogP contribution is 2.40. The molecule has 2 atom stereocenters. The maximum absolute atomic E-state index is 13.0. The van der Waals surface area contributed by atoms with Gasteiger partial charge in [0.1, 0.15) is 5.75 Å². The van der Waals surface area contributed by atoms with Gasteiger partial charge in [-0.3, -0.25) is 14.4 Å². The summed E-state index contributed by atoms with van der Waals surface area (Å²) in [5, 5.41) is 5.70. The van der Waals surface area contributed by atoms with Gasteiger partial charge in [-0.05, 0) is 85.2 Å². The highest BCUT2D eigenvalue weighted by Gasteiger charge is 2.39. The quantitative estimate of drug-likeness (QED) is 0.0496. The number of hydrogen-bond acceptors (Lipinski definition) is 8. The number of hydrogen-bond donors (Lipinski definition) is 2. The molecule has 290 valence electrons. The first-order chi connectivity index (χ1) is 23.9. The molecule has 11 heteroatoms. The van der Waals surface area contributed by atoms with Gasteiger partial charge in [-0.1, -0.05) is 61.5 Å². The Morgan fingerprint density at radius 1 is 0.824 bits per heavy atom. The van der Waals surface area contributed by atoms with E-state index in [4.69, 9.17) is 23.4 Å². The first-order valence-electron chi connectivity index (χ1n) is 18.6. The normalized spacial score (nSPS) is 13.2. The van der Waals surface area contributed by atoms with Crippen molar-refractivity contribution in [2.24, 2.45) is 17.3 Å². The monoisotopic (exact) mass is 732 g/mol. The summed E-state index contributed by atoms with van der Waals surface area (Å²) >= 11 is 0. The first kappa shape index (κ1) is 46.3. The van der Waals surface area contributed by atoms with Crippen LogP contribution in [0.3, 0.4) is 0 Å². The number of Topliss-reactive ketones (excluding diaryl/α,β-unsaturated/α-hetero) is 1. The molecule has 0 fully saturated rings. The van der Waals surface area contributed by atoms with Gasteiger partial charge >= 0.3 is 0 Å². The number of anilines is 1. The van der Waals surface area contributed by atoms with E-state index in [9.17, 15) is 14.4 Å². The van der Waals surface area contributed by atoms with E-state index < -0.39 is 14.2 Å². The topological polar surface area (TPSA) is 121 Å². The van der Waals surface area contributed by atoms with Crippen LogP contribution < -0.4 is 15.1 Å². The molecule has 0 aliphatic rings. The maximum Gasteiger partial charge on any atom is 0.296 e. The summed E-state index contributed by atoms with van der Waals surface area (Å²) in [6.45, 7) is 28.0. The minimum absolute atomic E-state index is 0.0163. The molecule has 0 heterocycles. The summed E-state index contributed by atoms with van der Waals surface area (Å²) < 4.78 is 28.3. The zero-order valence-corrected chi connectivity index (χ0v) is 34.6. The Hall–Kier alpha value is -2.75. The molecule has 0 saturated carbocycles. The van der Waals surface area contributed by atoms with Gasteiger partial charge in [0.05, 0.1) is 51.7 Å². The number of carbonyl (C=O) groups excluding carboxylic acids is 3. The van der Waals surface area contributed by atoms with Gasteiger partial charge < -0.3 is 34.0 Å². The second-order valence-corrected chi connectivity index (χ2v) is 20.6. The fourth-order valence-electron chi connectivity index (χ4n) is 4.63. The van der Waals surface area contributed by atoms with Crippen molar-refractivity contribution in [3.63, 3.8) is 0 Å². The van der Waals surface area contributed by atoms with Crippen molar-refractivity contribution >= 4 is 31.6 Å². The average Bonchev–Trinajstić information content (AvgIpc) is 3.02. The van der Waals surface area contributed by atoms with E-state index >= 15 is 0 Å². The van der Waals surface area contributed by atoms with Gasteiger partial charge in [-0.2, -0.15) is 0 Å². The first-order valence-corrected chi connectivity index (χ1v) is 21.5. The Labute approximate surface area is 309 Å². The Morgan fingerprint density at radius 2 is 1.45 bits per heavy atom. The van der Waals surface area contributed by atoms with Crippen molar-refractivity contribution in [2.75, 3.05) is 64.7 Å². The molecule has 1 unspecified atom stereocenters. The summed E-state index contributed by atoms with van der Waals surface area (Å²) in [5.74, 6) is 5.50. The molecule has 2 amide bonds. The molecule has 1 rings (SSSR count). The van der Waals surface area contributed by atoms with Crippen LogP contribution in [0.4, 0.5) is 5.69 Å². The van der Waals surface area contributed by atoms with Crippen molar-refractivity contribution in [1.82, 2.24) is 5.32 Å². The van der Waals surface area contributed by atoms with E-state index in [1.807, 2.05) is 13.0 Å². The van der Waals surface area contributed by atoms with E-state index in [1.54, 1.807) is 0 Å². The molecule has 0 bridgehead atoms. The fraction of sp³-hybridized carbons (Fsp3) is 0.725. The zero-order valence-electron chi connectivity index (χ0n) is 33.6. The Balaban J connectivity index is 2.47. The minimum atomic E-state index is -2.13.